The number of hydrogen-bond acceptors (Lipinski definition) is 7. The lowest BCUT2D eigenvalue weighted by molar-refractivity contribution is -0.136. The van der Waals surface area contributed by atoms with E-state index in [-0.39, 0.29) is 0 Å². The van der Waals surface area contributed by atoms with E-state index in [2.05, 4.69) is 21.3 Å². The number of benzene rings is 1. The Balaban J connectivity index is 0.00000139. The number of para-hydroxylation sites is 2. The molecule has 24 heavy (non-hydrogen) atoms. The van der Waals surface area contributed by atoms with Gasteiger partial charge in [-0.05, 0) is 25.0 Å². The van der Waals surface area contributed by atoms with Gasteiger partial charge in [0.05, 0.1) is 11.0 Å². The first kappa shape index (κ1) is 20.4. The minimum atomic E-state index is -0.803. The summed E-state index contributed by atoms with van der Waals surface area (Å²) in [6.45, 7) is 0.579. The molecule has 0 spiro atoms. The second kappa shape index (κ2) is 11.8. The van der Waals surface area contributed by atoms with E-state index in [0.29, 0.717) is 18.1 Å². The van der Waals surface area contributed by atoms with Crippen LogP contribution in [0.4, 0.5) is 0 Å². The number of hydroxylamine groups is 1. The summed E-state index contributed by atoms with van der Waals surface area (Å²) in [6, 6.07) is 7.66. The molecule has 0 saturated heterocycles. The molecular formula is C15H24N4O4S. The van der Waals surface area contributed by atoms with Crippen LogP contribution < -0.4 is 11.4 Å². The van der Waals surface area contributed by atoms with Crippen molar-refractivity contribution in [2.24, 2.45) is 5.90 Å². The van der Waals surface area contributed by atoms with Crippen molar-refractivity contribution in [1.82, 2.24) is 15.4 Å². The first-order valence-electron chi connectivity index (χ1n) is 7.67. The number of nitrogens with zero attached hydrogens (tertiary/aromatic N) is 1. The zero-order valence-electron chi connectivity index (χ0n) is 13.3. The van der Waals surface area contributed by atoms with E-state index in [9.17, 15) is 9.90 Å². The van der Waals surface area contributed by atoms with Crippen molar-refractivity contribution in [3.8, 4) is 0 Å². The molecule has 0 fully saturated rings. The van der Waals surface area contributed by atoms with Crippen LogP contribution in [0.5, 0.6) is 0 Å². The number of rotatable bonds is 10. The van der Waals surface area contributed by atoms with E-state index in [4.69, 9.17) is 10.4 Å². The van der Waals surface area contributed by atoms with Gasteiger partial charge in [-0.15, -0.1) is 0 Å². The van der Waals surface area contributed by atoms with E-state index in [1.165, 1.54) is 11.8 Å². The molecule has 7 N–H and O–H groups in total. The van der Waals surface area contributed by atoms with Crippen molar-refractivity contribution in [2.45, 2.75) is 42.5 Å². The number of aromatic amines is 1. The van der Waals surface area contributed by atoms with Gasteiger partial charge < -0.3 is 20.5 Å². The molecule has 1 aromatic heterocycles. The van der Waals surface area contributed by atoms with Gasteiger partial charge in [0.2, 0.25) is 0 Å². The number of unbranched alkanes of at least 4 members (excludes halogenated alkanes) is 3. The Morgan fingerprint density at radius 1 is 1.25 bits per heavy atom. The van der Waals surface area contributed by atoms with Gasteiger partial charge in [0.25, 0.3) is 0 Å². The van der Waals surface area contributed by atoms with Crippen LogP contribution in [0.25, 0.3) is 11.0 Å². The molecule has 0 radical (unpaired) electrons. The van der Waals surface area contributed by atoms with Crippen molar-refractivity contribution in [1.29, 1.82) is 0 Å². The van der Waals surface area contributed by atoms with Gasteiger partial charge in [0, 0.05) is 6.54 Å². The van der Waals surface area contributed by atoms with Crippen LogP contribution in [0.2, 0.25) is 0 Å². The lowest BCUT2D eigenvalue weighted by atomic mass is 10.1. The topological polar surface area (TPSA) is 144 Å². The number of imidazole rings is 1. The zero-order chi connectivity index (χ0) is 17.8. The van der Waals surface area contributed by atoms with Crippen LogP contribution in [0.1, 0.15) is 32.1 Å². The average Bonchev–Trinajstić information content (AvgIpc) is 3.01. The molecule has 0 aliphatic carbocycles. The molecule has 0 aliphatic heterocycles. The number of aliphatic carboxylic acids is 1. The second-order valence-corrected chi connectivity index (χ2v) is 6.31. The average molecular weight is 356 g/mol. The Bertz CT molecular complexity index is 575. The summed E-state index contributed by atoms with van der Waals surface area (Å²) in [5.74, 6) is 2.70. The number of thioether (sulfide) groups is 1. The lowest BCUT2D eigenvalue weighted by Gasteiger charge is -2.09. The maximum Gasteiger partial charge on any atom is 0.317 e. The minimum Gasteiger partial charge on any atom is -0.480 e. The molecule has 0 amide bonds. The number of fused-ring (bicyclic) bond motifs is 1. The molecular weight excluding hydrogens is 332 g/mol. The number of carboxylic acids is 1. The summed E-state index contributed by atoms with van der Waals surface area (Å²) in [7, 11) is 0. The SMILES string of the molecule is NO.O=C(O)C(CCCCCCNO)Sc1nc2ccccc2[nH]1. The standard InChI is InChI=1S/C15H21N3O3S.H3NO/c19-14(20)13(9-3-1-2-6-10-16-21)22-15-17-11-7-4-5-8-12(11)18-15;1-2/h4-5,7-8,13,16,21H,1-3,6,9-10H2,(H,17,18)(H,19,20);2H,1H2. The van der Waals surface area contributed by atoms with Crippen LogP contribution in [-0.2, 0) is 4.79 Å². The number of H-pyrrole nitrogens is 1. The van der Waals surface area contributed by atoms with Crippen molar-refractivity contribution in [3.05, 3.63) is 24.3 Å². The van der Waals surface area contributed by atoms with E-state index in [0.717, 1.165) is 36.7 Å². The summed E-state index contributed by atoms with van der Waals surface area (Å²) in [6.07, 6.45) is 4.31. The third-order valence-corrected chi connectivity index (χ3v) is 4.54. The number of nitrogens with two attached hydrogens (primary N) is 1. The van der Waals surface area contributed by atoms with E-state index in [1.807, 2.05) is 24.3 Å². The molecule has 9 heteroatoms. The molecule has 134 valence electrons. The molecule has 1 unspecified atom stereocenters. The summed E-state index contributed by atoms with van der Waals surface area (Å²) < 4.78 is 0. The monoisotopic (exact) mass is 356 g/mol. The zero-order valence-corrected chi connectivity index (χ0v) is 14.1. The second-order valence-electron chi connectivity index (χ2n) is 5.11. The van der Waals surface area contributed by atoms with Gasteiger partial charge >= 0.3 is 5.97 Å². The van der Waals surface area contributed by atoms with Crippen LogP contribution in [0.15, 0.2) is 29.4 Å². The first-order valence-corrected chi connectivity index (χ1v) is 8.55. The predicted molar refractivity (Wildman–Crippen MR) is 92.2 cm³/mol. The molecule has 0 bridgehead atoms. The maximum absolute atomic E-state index is 11.4. The number of nitrogens with one attached hydrogen (secondary N) is 2. The van der Waals surface area contributed by atoms with Crippen molar-refractivity contribution in [2.75, 3.05) is 6.54 Å². The van der Waals surface area contributed by atoms with Crippen molar-refractivity contribution < 1.29 is 20.3 Å². The van der Waals surface area contributed by atoms with E-state index >= 15 is 0 Å². The molecule has 1 atom stereocenters. The van der Waals surface area contributed by atoms with Gasteiger partial charge in [-0.1, -0.05) is 43.2 Å². The molecule has 2 rings (SSSR count). The van der Waals surface area contributed by atoms with Gasteiger partial charge in [-0.25, -0.2) is 16.4 Å². The number of carboxylic acid groups (broad SMARTS) is 1. The Kier molecular flexibility index (Phi) is 10.0. The van der Waals surface area contributed by atoms with Crippen LogP contribution in [0, 0.1) is 0 Å². The Morgan fingerprint density at radius 3 is 2.62 bits per heavy atom. The Hall–Kier alpha value is -1.65. The molecule has 1 aromatic carbocycles. The number of aromatic nitrogens is 2. The van der Waals surface area contributed by atoms with Gasteiger partial charge in [0.1, 0.15) is 5.25 Å². The lowest BCUT2D eigenvalue weighted by Crippen LogP contribution is -2.16. The maximum atomic E-state index is 11.4. The smallest absolute Gasteiger partial charge is 0.317 e. The Labute approximate surface area is 144 Å². The number of hydrogen-bond donors (Lipinski definition) is 6. The van der Waals surface area contributed by atoms with Gasteiger partial charge in [-0.3, -0.25) is 4.79 Å². The molecule has 1 heterocycles. The van der Waals surface area contributed by atoms with Crippen LogP contribution in [-0.4, -0.2) is 43.3 Å². The minimum absolute atomic E-state index is 0.489. The number of carbonyl (C=O) groups is 1. The molecule has 8 nitrogen and oxygen atoms in total. The quantitative estimate of drug-likeness (QED) is 0.216. The van der Waals surface area contributed by atoms with Crippen molar-refractivity contribution in [3.63, 3.8) is 0 Å². The fourth-order valence-corrected chi connectivity index (χ4v) is 3.21. The fourth-order valence-electron chi connectivity index (χ4n) is 2.24. The highest BCUT2D eigenvalue weighted by Gasteiger charge is 2.20. The normalized spacial score (nSPS) is 11.8. The predicted octanol–water partition coefficient (Wildman–Crippen LogP) is 2.37. The van der Waals surface area contributed by atoms with Gasteiger partial charge in [-0.2, -0.15) is 0 Å². The summed E-state index contributed by atoms with van der Waals surface area (Å²) in [4.78, 5) is 18.9. The van der Waals surface area contributed by atoms with E-state index < -0.39 is 11.2 Å². The largest absolute Gasteiger partial charge is 0.480 e. The van der Waals surface area contributed by atoms with Crippen LogP contribution >= 0.6 is 11.8 Å². The van der Waals surface area contributed by atoms with E-state index in [1.54, 1.807) is 0 Å². The van der Waals surface area contributed by atoms with Gasteiger partial charge in [0.15, 0.2) is 5.16 Å². The third-order valence-electron chi connectivity index (χ3n) is 3.40. The highest BCUT2D eigenvalue weighted by molar-refractivity contribution is 8.00. The molecule has 2 aromatic rings. The Morgan fingerprint density at radius 2 is 1.96 bits per heavy atom. The summed E-state index contributed by atoms with van der Waals surface area (Å²) in [5, 5.41) is 24.5. The summed E-state index contributed by atoms with van der Waals surface area (Å²) in [5.41, 5.74) is 3.89. The highest BCUT2D eigenvalue weighted by atomic mass is 32.2. The fraction of sp³-hybridized carbons (Fsp3) is 0.467. The first-order chi connectivity index (χ1) is 11.7. The van der Waals surface area contributed by atoms with Crippen molar-refractivity contribution >= 4 is 28.8 Å². The third kappa shape index (κ3) is 6.85. The summed E-state index contributed by atoms with van der Waals surface area (Å²) >= 11 is 1.27. The van der Waals surface area contributed by atoms with Crippen LogP contribution in [0.3, 0.4) is 0 Å². The molecule has 0 saturated carbocycles. The highest BCUT2D eigenvalue weighted by Crippen LogP contribution is 2.27. The molecule has 0 aliphatic rings.